The van der Waals surface area contributed by atoms with Crippen LogP contribution in [0.25, 0.3) is 33.2 Å². The summed E-state index contributed by atoms with van der Waals surface area (Å²) in [4.78, 5) is 7.96. The summed E-state index contributed by atoms with van der Waals surface area (Å²) in [6, 6.07) is 18.8. The molecule has 0 fully saturated rings. The van der Waals surface area contributed by atoms with Gasteiger partial charge in [-0.05, 0) is 58.7 Å². The van der Waals surface area contributed by atoms with E-state index in [0.717, 1.165) is 45.3 Å². The molecule has 0 saturated heterocycles. The molecule has 0 atom stereocenters. The third-order valence-corrected chi connectivity index (χ3v) is 7.39. The topological polar surface area (TPSA) is 101 Å². The van der Waals surface area contributed by atoms with Crippen LogP contribution < -0.4 is 9.46 Å². The summed E-state index contributed by atoms with van der Waals surface area (Å²) >= 11 is 0. The fourth-order valence-corrected chi connectivity index (χ4v) is 5.21. The summed E-state index contributed by atoms with van der Waals surface area (Å²) in [5, 5.41) is 10.2. The Morgan fingerprint density at radius 3 is 2.37 bits per heavy atom. The first-order valence-corrected chi connectivity index (χ1v) is 12.9. The van der Waals surface area contributed by atoms with Crippen molar-refractivity contribution in [1.82, 2.24) is 9.97 Å². The van der Waals surface area contributed by atoms with E-state index in [-0.39, 0.29) is 18.2 Å². The molecule has 0 unspecified atom stereocenters. The SMILES string of the molecule is COc1ncc(-c2ccc3nccc(-c4ccc(CO)cc4)c3c2)cc1NS(=O)(=O)c1ccc(F)cc1F. The van der Waals surface area contributed by atoms with Gasteiger partial charge in [-0.25, -0.2) is 22.2 Å². The number of hydrogen-bond acceptors (Lipinski definition) is 6. The number of aliphatic hydroxyl groups is 1. The van der Waals surface area contributed by atoms with E-state index < -0.39 is 26.6 Å². The van der Waals surface area contributed by atoms with Crippen LogP contribution in [-0.4, -0.2) is 30.6 Å². The average molecular weight is 534 g/mol. The summed E-state index contributed by atoms with van der Waals surface area (Å²) in [6.45, 7) is -0.0497. The van der Waals surface area contributed by atoms with Gasteiger partial charge in [0.1, 0.15) is 22.2 Å². The van der Waals surface area contributed by atoms with E-state index in [1.807, 2.05) is 48.5 Å². The number of nitrogens with zero attached hydrogens (tertiary/aromatic N) is 2. The number of anilines is 1. The van der Waals surface area contributed by atoms with Crippen molar-refractivity contribution in [3.05, 3.63) is 102 Å². The minimum Gasteiger partial charge on any atom is -0.480 e. The molecule has 10 heteroatoms. The van der Waals surface area contributed by atoms with Crippen LogP contribution in [0.1, 0.15) is 5.56 Å². The lowest BCUT2D eigenvalue weighted by atomic mass is 9.97. The summed E-state index contributed by atoms with van der Waals surface area (Å²) in [5.74, 6) is -2.13. The number of pyridine rings is 2. The Bertz CT molecular complexity index is 1760. The zero-order valence-electron chi connectivity index (χ0n) is 20.0. The first-order valence-electron chi connectivity index (χ1n) is 11.4. The molecule has 3 aromatic carbocycles. The number of ether oxygens (including phenoxy) is 1. The Kier molecular flexibility index (Phi) is 6.75. The van der Waals surface area contributed by atoms with E-state index in [1.165, 1.54) is 19.4 Å². The molecule has 0 amide bonds. The fraction of sp³-hybridized carbons (Fsp3) is 0.0714. The number of nitrogens with one attached hydrogen (secondary N) is 1. The van der Waals surface area contributed by atoms with Gasteiger partial charge in [0, 0.05) is 29.4 Å². The van der Waals surface area contributed by atoms with Crippen molar-refractivity contribution in [3.63, 3.8) is 0 Å². The smallest absolute Gasteiger partial charge is 0.264 e. The van der Waals surface area contributed by atoms with E-state index in [9.17, 15) is 22.3 Å². The molecule has 0 aliphatic rings. The van der Waals surface area contributed by atoms with Crippen LogP contribution in [0.4, 0.5) is 14.5 Å². The lowest BCUT2D eigenvalue weighted by molar-refractivity contribution is 0.282. The number of hydrogen-bond donors (Lipinski definition) is 2. The third kappa shape index (κ3) is 4.91. The summed E-state index contributed by atoms with van der Waals surface area (Å²) < 4.78 is 60.8. The van der Waals surface area contributed by atoms with Gasteiger partial charge in [-0.3, -0.25) is 9.71 Å². The Hall–Kier alpha value is -4.41. The maximum Gasteiger partial charge on any atom is 0.264 e. The molecule has 38 heavy (non-hydrogen) atoms. The molecule has 0 radical (unpaired) electrons. The second-order valence-corrected chi connectivity index (χ2v) is 10.1. The highest BCUT2D eigenvalue weighted by Gasteiger charge is 2.22. The molecule has 0 saturated carbocycles. The number of methoxy groups -OCH3 is 1. The Morgan fingerprint density at radius 1 is 0.895 bits per heavy atom. The van der Waals surface area contributed by atoms with Gasteiger partial charge in [0.25, 0.3) is 10.0 Å². The van der Waals surface area contributed by atoms with Crippen LogP contribution >= 0.6 is 0 Å². The number of halogens is 2. The van der Waals surface area contributed by atoms with E-state index in [1.54, 1.807) is 6.20 Å². The molecule has 2 N–H and O–H groups in total. The Morgan fingerprint density at radius 2 is 1.66 bits per heavy atom. The van der Waals surface area contributed by atoms with E-state index in [4.69, 9.17) is 4.74 Å². The number of aromatic nitrogens is 2. The minimum absolute atomic E-state index is 0.0141. The molecule has 0 bridgehead atoms. The van der Waals surface area contributed by atoms with E-state index in [2.05, 4.69) is 14.7 Å². The molecule has 5 rings (SSSR count). The molecule has 7 nitrogen and oxygen atoms in total. The van der Waals surface area contributed by atoms with Crippen molar-refractivity contribution >= 4 is 26.6 Å². The Labute approximate surface area is 217 Å². The van der Waals surface area contributed by atoms with Gasteiger partial charge in [0.2, 0.25) is 5.88 Å². The van der Waals surface area contributed by atoms with Crippen LogP contribution in [0.15, 0.2) is 90.1 Å². The molecular weight excluding hydrogens is 512 g/mol. The van der Waals surface area contributed by atoms with Crippen LogP contribution in [0.5, 0.6) is 5.88 Å². The largest absolute Gasteiger partial charge is 0.480 e. The van der Waals surface area contributed by atoms with Crippen molar-refractivity contribution in [2.24, 2.45) is 0 Å². The van der Waals surface area contributed by atoms with Crippen LogP contribution in [0, 0.1) is 11.6 Å². The van der Waals surface area contributed by atoms with Gasteiger partial charge in [-0.2, -0.15) is 0 Å². The van der Waals surface area contributed by atoms with Crippen molar-refractivity contribution in [3.8, 4) is 28.1 Å². The van der Waals surface area contributed by atoms with Crippen molar-refractivity contribution in [2.45, 2.75) is 11.5 Å². The number of rotatable bonds is 7. The van der Waals surface area contributed by atoms with Crippen molar-refractivity contribution in [2.75, 3.05) is 11.8 Å². The quantitative estimate of drug-likeness (QED) is 0.285. The average Bonchev–Trinajstić information content (AvgIpc) is 2.92. The second-order valence-electron chi connectivity index (χ2n) is 8.41. The van der Waals surface area contributed by atoms with Crippen molar-refractivity contribution < 1.29 is 27.0 Å². The van der Waals surface area contributed by atoms with Gasteiger partial charge in [0.05, 0.1) is 19.2 Å². The van der Waals surface area contributed by atoms with Gasteiger partial charge in [0.15, 0.2) is 0 Å². The van der Waals surface area contributed by atoms with Gasteiger partial charge >= 0.3 is 0 Å². The molecule has 2 heterocycles. The number of benzene rings is 3. The molecular formula is C28H21F2N3O4S. The zero-order valence-corrected chi connectivity index (χ0v) is 20.8. The standard InChI is InChI=1S/C28H21F2N3O4S/c1-37-28-26(33-38(35,36)27-9-7-21(29)14-24(27)30)13-20(15-32-28)19-6-8-25-23(12-19)22(10-11-31-25)18-4-2-17(16-34)3-5-18/h2-15,33-34H,16H2,1H3. The first kappa shape index (κ1) is 25.2. The number of fused-ring (bicyclic) bond motifs is 1. The van der Waals surface area contributed by atoms with Crippen molar-refractivity contribution in [1.29, 1.82) is 0 Å². The van der Waals surface area contributed by atoms with E-state index in [0.29, 0.717) is 11.6 Å². The molecule has 5 aromatic rings. The molecule has 2 aromatic heterocycles. The van der Waals surface area contributed by atoms with Crippen LogP contribution in [0.3, 0.4) is 0 Å². The van der Waals surface area contributed by atoms with Gasteiger partial charge in [-0.1, -0.05) is 30.3 Å². The summed E-state index contributed by atoms with van der Waals surface area (Å²) in [5.41, 5.74) is 4.70. The molecule has 0 aliphatic heterocycles. The predicted octanol–water partition coefficient (Wildman–Crippen LogP) is 5.54. The second kappa shape index (κ2) is 10.2. The fourth-order valence-electron chi connectivity index (χ4n) is 4.11. The first-order chi connectivity index (χ1) is 18.3. The molecule has 0 aliphatic carbocycles. The minimum atomic E-state index is -4.41. The van der Waals surface area contributed by atoms with E-state index >= 15 is 0 Å². The highest BCUT2D eigenvalue weighted by atomic mass is 32.2. The zero-order chi connectivity index (χ0) is 26.9. The summed E-state index contributed by atoms with van der Waals surface area (Å²) in [7, 11) is -3.09. The monoisotopic (exact) mass is 533 g/mol. The molecule has 0 spiro atoms. The predicted molar refractivity (Wildman–Crippen MR) is 140 cm³/mol. The lowest BCUT2D eigenvalue weighted by Gasteiger charge is -2.14. The highest BCUT2D eigenvalue weighted by molar-refractivity contribution is 7.92. The van der Waals surface area contributed by atoms with Crippen LogP contribution in [-0.2, 0) is 16.6 Å². The number of aliphatic hydroxyl groups excluding tert-OH is 1. The lowest BCUT2D eigenvalue weighted by Crippen LogP contribution is -2.15. The number of sulfonamides is 1. The maximum atomic E-state index is 14.2. The highest BCUT2D eigenvalue weighted by Crippen LogP contribution is 2.34. The van der Waals surface area contributed by atoms with Gasteiger partial charge in [-0.15, -0.1) is 0 Å². The maximum absolute atomic E-state index is 14.2. The Balaban J connectivity index is 1.57. The summed E-state index contributed by atoms with van der Waals surface area (Å²) in [6.07, 6.45) is 3.25. The van der Waals surface area contributed by atoms with Gasteiger partial charge < -0.3 is 9.84 Å². The molecule has 192 valence electrons. The normalized spacial score (nSPS) is 11.5. The third-order valence-electron chi connectivity index (χ3n) is 5.99. The van der Waals surface area contributed by atoms with Crippen LogP contribution in [0.2, 0.25) is 0 Å².